The van der Waals surface area contributed by atoms with E-state index < -0.39 is 0 Å². The van der Waals surface area contributed by atoms with E-state index in [1.165, 1.54) is 11.0 Å². The van der Waals surface area contributed by atoms with Crippen LogP contribution in [0, 0.1) is 0 Å². The lowest BCUT2D eigenvalue weighted by atomic mass is 9.87. The molecule has 0 spiro atoms. The van der Waals surface area contributed by atoms with E-state index in [4.69, 9.17) is 0 Å². The van der Waals surface area contributed by atoms with Crippen LogP contribution in [-0.2, 0) is 5.41 Å². The summed E-state index contributed by atoms with van der Waals surface area (Å²) in [5, 5.41) is 20.6. The topological polar surface area (TPSA) is 63.8 Å². The van der Waals surface area contributed by atoms with E-state index in [-0.39, 0.29) is 11.2 Å². The Kier molecular flexibility index (Phi) is 2.38. The molecule has 5 nitrogen and oxygen atoms in total. The SMILES string of the molecule is CC(C)(C)c1ccc(O)c(-n2cnnn2)c1. The third-order valence-corrected chi connectivity index (χ3v) is 2.44. The standard InChI is InChI=1S/C11H14N4O/c1-11(2,3)8-4-5-10(16)9(6-8)15-7-12-13-14-15/h4-7,16H,1-3H3. The summed E-state index contributed by atoms with van der Waals surface area (Å²) >= 11 is 0. The lowest BCUT2D eigenvalue weighted by Gasteiger charge is -2.20. The molecule has 0 unspecified atom stereocenters. The Bertz CT molecular complexity index is 485. The summed E-state index contributed by atoms with van der Waals surface area (Å²) in [6.07, 6.45) is 1.46. The van der Waals surface area contributed by atoms with Crippen LogP contribution in [0.4, 0.5) is 0 Å². The number of nitrogens with zero attached hydrogens (tertiary/aromatic N) is 4. The van der Waals surface area contributed by atoms with Gasteiger partial charge in [-0.25, -0.2) is 0 Å². The van der Waals surface area contributed by atoms with Gasteiger partial charge in [0.15, 0.2) is 0 Å². The largest absolute Gasteiger partial charge is 0.506 e. The fourth-order valence-electron chi connectivity index (χ4n) is 1.45. The van der Waals surface area contributed by atoms with Gasteiger partial charge in [-0.15, -0.1) is 5.10 Å². The van der Waals surface area contributed by atoms with Gasteiger partial charge in [0.25, 0.3) is 0 Å². The smallest absolute Gasteiger partial charge is 0.144 e. The average molecular weight is 218 g/mol. The van der Waals surface area contributed by atoms with Crippen LogP contribution in [0.3, 0.4) is 0 Å². The Hall–Kier alpha value is -1.91. The van der Waals surface area contributed by atoms with Gasteiger partial charge >= 0.3 is 0 Å². The predicted molar refractivity (Wildman–Crippen MR) is 59.5 cm³/mol. The highest BCUT2D eigenvalue weighted by molar-refractivity contribution is 5.48. The van der Waals surface area contributed by atoms with Gasteiger partial charge in [0.05, 0.1) is 0 Å². The van der Waals surface area contributed by atoms with Crippen molar-refractivity contribution in [2.45, 2.75) is 26.2 Å². The summed E-state index contributed by atoms with van der Waals surface area (Å²) in [5.41, 5.74) is 1.74. The number of hydrogen-bond acceptors (Lipinski definition) is 4. The Morgan fingerprint density at radius 1 is 1.25 bits per heavy atom. The molecule has 0 aliphatic rings. The molecule has 0 amide bonds. The highest BCUT2D eigenvalue weighted by Gasteiger charge is 2.16. The summed E-state index contributed by atoms with van der Waals surface area (Å²) < 4.78 is 1.45. The molecule has 16 heavy (non-hydrogen) atoms. The molecule has 2 aromatic rings. The van der Waals surface area contributed by atoms with Crippen molar-refractivity contribution in [3.63, 3.8) is 0 Å². The van der Waals surface area contributed by atoms with E-state index in [2.05, 4.69) is 36.3 Å². The molecule has 0 aliphatic carbocycles. The second-order valence-corrected chi connectivity index (χ2v) is 4.71. The van der Waals surface area contributed by atoms with Crippen molar-refractivity contribution in [2.75, 3.05) is 0 Å². The molecule has 1 N–H and O–H groups in total. The molecule has 1 aromatic heterocycles. The summed E-state index contributed by atoms with van der Waals surface area (Å²) in [6.45, 7) is 6.34. The second kappa shape index (κ2) is 3.59. The lowest BCUT2D eigenvalue weighted by molar-refractivity contribution is 0.468. The highest BCUT2D eigenvalue weighted by atomic mass is 16.3. The van der Waals surface area contributed by atoms with Crippen molar-refractivity contribution >= 4 is 0 Å². The lowest BCUT2D eigenvalue weighted by Crippen LogP contribution is -2.11. The molecule has 2 rings (SSSR count). The molecule has 0 aliphatic heterocycles. The number of benzene rings is 1. The van der Waals surface area contributed by atoms with E-state index in [0.29, 0.717) is 5.69 Å². The van der Waals surface area contributed by atoms with Gasteiger partial charge in [-0.05, 0) is 33.5 Å². The van der Waals surface area contributed by atoms with E-state index in [0.717, 1.165) is 5.56 Å². The third-order valence-electron chi connectivity index (χ3n) is 2.44. The van der Waals surface area contributed by atoms with Crippen LogP contribution in [-0.4, -0.2) is 25.3 Å². The van der Waals surface area contributed by atoms with Gasteiger partial charge in [0.1, 0.15) is 17.8 Å². The van der Waals surface area contributed by atoms with Crippen molar-refractivity contribution in [2.24, 2.45) is 0 Å². The van der Waals surface area contributed by atoms with Crippen molar-refractivity contribution in [1.82, 2.24) is 20.2 Å². The molecule has 0 saturated heterocycles. The van der Waals surface area contributed by atoms with Gasteiger partial charge in [0, 0.05) is 0 Å². The number of phenols is 1. The fraction of sp³-hybridized carbons (Fsp3) is 0.364. The second-order valence-electron chi connectivity index (χ2n) is 4.71. The highest BCUT2D eigenvalue weighted by Crippen LogP contribution is 2.28. The number of tetrazole rings is 1. The summed E-state index contributed by atoms with van der Waals surface area (Å²) in [4.78, 5) is 0. The van der Waals surface area contributed by atoms with Crippen molar-refractivity contribution in [3.8, 4) is 11.4 Å². The maximum absolute atomic E-state index is 9.76. The number of aromatic hydroxyl groups is 1. The minimum Gasteiger partial charge on any atom is -0.506 e. The molecular formula is C11H14N4O. The first-order valence-corrected chi connectivity index (χ1v) is 5.05. The van der Waals surface area contributed by atoms with Gasteiger partial charge in [-0.1, -0.05) is 26.8 Å². The van der Waals surface area contributed by atoms with Crippen LogP contribution < -0.4 is 0 Å². The van der Waals surface area contributed by atoms with Gasteiger partial charge in [-0.2, -0.15) is 4.68 Å². The molecule has 0 bridgehead atoms. The Labute approximate surface area is 93.7 Å². The predicted octanol–water partition coefficient (Wildman–Crippen LogP) is 1.67. The van der Waals surface area contributed by atoms with Crippen molar-refractivity contribution < 1.29 is 5.11 Å². The zero-order valence-corrected chi connectivity index (χ0v) is 9.55. The fourth-order valence-corrected chi connectivity index (χ4v) is 1.45. The number of phenolic OH excluding ortho intramolecular Hbond substituents is 1. The minimum absolute atomic E-state index is 0.0243. The van der Waals surface area contributed by atoms with E-state index in [1.54, 1.807) is 6.07 Å². The summed E-state index contributed by atoms with van der Waals surface area (Å²) in [6, 6.07) is 5.46. The summed E-state index contributed by atoms with van der Waals surface area (Å²) in [5.74, 6) is 0.167. The Morgan fingerprint density at radius 2 is 2.00 bits per heavy atom. The molecule has 0 saturated carbocycles. The third kappa shape index (κ3) is 1.88. The molecular weight excluding hydrogens is 204 g/mol. The zero-order chi connectivity index (χ0) is 11.8. The van der Waals surface area contributed by atoms with Crippen LogP contribution in [0.5, 0.6) is 5.75 Å². The number of rotatable bonds is 1. The van der Waals surface area contributed by atoms with Crippen LogP contribution in [0.25, 0.3) is 5.69 Å². The molecule has 84 valence electrons. The quantitative estimate of drug-likeness (QED) is 0.790. The zero-order valence-electron chi connectivity index (χ0n) is 9.55. The molecule has 5 heteroatoms. The van der Waals surface area contributed by atoms with Crippen LogP contribution in [0.15, 0.2) is 24.5 Å². The Morgan fingerprint density at radius 3 is 2.56 bits per heavy atom. The molecule has 0 radical (unpaired) electrons. The van der Waals surface area contributed by atoms with E-state index in [9.17, 15) is 5.11 Å². The summed E-state index contributed by atoms with van der Waals surface area (Å²) in [7, 11) is 0. The van der Waals surface area contributed by atoms with Gasteiger partial charge < -0.3 is 5.11 Å². The van der Waals surface area contributed by atoms with Crippen LogP contribution in [0.2, 0.25) is 0 Å². The average Bonchev–Trinajstić information content (AvgIpc) is 2.69. The molecule has 0 fully saturated rings. The van der Waals surface area contributed by atoms with Crippen molar-refractivity contribution in [1.29, 1.82) is 0 Å². The maximum Gasteiger partial charge on any atom is 0.144 e. The normalized spacial score (nSPS) is 11.7. The minimum atomic E-state index is 0.0243. The number of aromatic nitrogens is 4. The maximum atomic E-state index is 9.76. The molecule has 1 heterocycles. The van der Waals surface area contributed by atoms with Crippen molar-refractivity contribution in [3.05, 3.63) is 30.1 Å². The monoisotopic (exact) mass is 218 g/mol. The van der Waals surface area contributed by atoms with Crippen LogP contribution >= 0.6 is 0 Å². The van der Waals surface area contributed by atoms with E-state index >= 15 is 0 Å². The van der Waals surface area contributed by atoms with Crippen LogP contribution in [0.1, 0.15) is 26.3 Å². The Balaban J connectivity index is 2.54. The first kappa shape index (κ1) is 10.6. The van der Waals surface area contributed by atoms with E-state index in [1.807, 2.05) is 12.1 Å². The van der Waals surface area contributed by atoms with Gasteiger partial charge in [0.2, 0.25) is 0 Å². The first-order chi connectivity index (χ1) is 7.48. The molecule has 0 atom stereocenters. The molecule has 1 aromatic carbocycles. The van der Waals surface area contributed by atoms with Gasteiger partial charge in [-0.3, -0.25) is 0 Å². The first-order valence-electron chi connectivity index (χ1n) is 5.05. The number of hydrogen-bond donors (Lipinski definition) is 1.